The van der Waals surface area contributed by atoms with Gasteiger partial charge in [-0.15, -0.1) is 0 Å². The maximum Gasteiger partial charge on any atom is 0.125 e. The van der Waals surface area contributed by atoms with E-state index in [0.717, 1.165) is 16.8 Å². The molecule has 0 saturated carbocycles. The zero-order valence-corrected chi connectivity index (χ0v) is 11.0. The second-order valence-electron chi connectivity index (χ2n) is 4.77. The molecule has 0 unspecified atom stereocenters. The number of allylic oxidation sites excluding steroid dienone is 1. The molecule has 0 aromatic heterocycles. The van der Waals surface area contributed by atoms with E-state index in [9.17, 15) is 5.11 Å². The van der Waals surface area contributed by atoms with E-state index in [4.69, 9.17) is 0 Å². The zero-order valence-electron chi connectivity index (χ0n) is 11.0. The van der Waals surface area contributed by atoms with Gasteiger partial charge in [-0.25, -0.2) is 4.99 Å². The Balaban J connectivity index is 2.36. The molecule has 1 aromatic carbocycles. The van der Waals surface area contributed by atoms with Gasteiger partial charge < -0.3 is 10.0 Å². The van der Waals surface area contributed by atoms with Crippen molar-refractivity contribution in [3.8, 4) is 5.75 Å². The molecule has 0 amide bonds. The third-order valence-electron chi connectivity index (χ3n) is 3.06. The average molecular weight is 242 g/mol. The number of aromatic hydroxyl groups is 1. The molecule has 0 fully saturated rings. The molecule has 0 saturated heterocycles. The van der Waals surface area contributed by atoms with E-state index in [0.29, 0.717) is 17.5 Å². The SMILES string of the molecule is C=C1N=C(c2ccc(C(C)C)c(O)c2)C=CN1C. The van der Waals surface area contributed by atoms with Crippen molar-refractivity contribution in [2.45, 2.75) is 19.8 Å². The topological polar surface area (TPSA) is 35.8 Å². The summed E-state index contributed by atoms with van der Waals surface area (Å²) >= 11 is 0. The Labute approximate surface area is 108 Å². The molecule has 2 rings (SSSR count). The molecule has 1 aliphatic heterocycles. The Hall–Kier alpha value is -2.03. The standard InChI is InChI=1S/C15H18N2O/c1-10(2)13-6-5-12(9-15(13)18)14-7-8-17(4)11(3)16-14/h5-10,18H,3H2,1-2,4H3. The van der Waals surface area contributed by atoms with Gasteiger partial charge in [-0.2, -0.15) is 0 Å². The fourth-order valence-electron chi connectivity index (χ4n) is 1.88. The molecule has 18 heavy (non-hydrogen) atoms. The molecule has 0 spiro atoms. The summed E-state index contributed by atoms with van der Waals surface area (Å²) in [5.41, 5.74) is 2.68. The molecule has 0 radical (unpaired) electrons. The summed E-state index contributed by atoms with van der Waals surface area (Å²) in [6.45, 7) is 7.98. The molecule has 1 heterocycles. The second-order valence-corrected chi connectivity index (χ2v) is 4.77. The van der Waals surface area contributed by atoms with E-state index in [1.807, 2.05) is 36.4 Å². The molecule has 3 nitrogen and oxygen atoms in total. The van der Waals surface area contributed by atoms with Gasteiger partial charge in [-0.05, 0) is 23.6 Å². The van der Waals surface area contributed by atoms with E-state index in [2.05, 4.69) is 25.4 Å². The predicted octanol–water partition coefficient (Wildman–Crippen LogP) is 3.24. The highest BCUT2D eigenvalue weighted by molar-refractivity contribution is 6.09. The Morgan fingerprint density at radius 1 is 1.33 bits per heavy atom. The van der Waals surface area contributed by atoms with Crippen LogP contribution in [0.3, 0.4) is 0 Å². The highest BCUT2D eigenvalue weighted by Gasteiger charge is 2.11. The van der Waals surface area contributed by atoms with E-state index >= 15 is 0 Å². The molecule has 94 valence electrons. The molecule has 1 aliphatic rings. The van der Waals surface area contributed by atoms with Crippen LogP contribution < -0.4 is 0 Å². The molecule has 3 heteroatoms. The van der Waals surface area contributed by atoms with Crippen LogP contribution in [-0.2, 0) is 0 Å². The minimum Gasteiger partial charge on any atom is -0.508 e. The van der Waals surface area contributed by atoms with Crippen LogP contribution in [0.4, 0.5) is 0 Å². The molecular formula is C15H18N2O. The van der Waals surface area contributed by atoms with Crippen LogP contribution in [0.15, 0.2) is 47.9 Å². The van der Waals surface area contributed by atoms with Gasteiger partial charge in [-0.1, -0.05) is 32.6 Å². The van der Waals surface area contributed by atoms with Crippen LogP contribution in [0.2, 0.25) is 0 Å². The summed E-state index contributed by atoms with van der Waals surface area (Å²) in [5.74, 6) is 1.33. The normalized spacial score (nSPS) is 15.2. The van der Waals surface area contributed by atoms with E-state index in [1.54, 1.807) is 6.07 Å². The largest absolute Gasteiger partial charge is 0.508 e. The first-order valence-corrected chi connectivity index (χ1v) is 6.01. The van der Waals surface area contributed by atoms with Crippen LogP contribution in [-0.4, -0.2) is 22.8 Å². The number of phenolic OH excluding ortho intramolecular Hbond substituents is 1. The van der Waals surface area contributed by atoms with Gasteiger partial charge in [0.15, 0.2) is 0 Å². The Morgan fingerprint density at radius 2 is 2.06 bits per heavy atom. The lowest BCUT2D eigenvalue weighted by molar-refractivity contribution is 0.464. The van der Waals surface area contributed by atoms with Crippen molar-refractivity contribution in [1.29, 1.82) is 0 Å². The van der Waals surface area contributed by atoms with Crippen LogP contribution in [0.5, 0.6) is 5.75 Å². The van der Waals surface area contributed by atoms with Gasteiger partial charge in [0.1, 0.15) is 11.6 Å². The molecule has 1 aromatic rings. The Bertz CT molecular complexity index is 541. The minimum atomic E-state index is 0.309. The highest BCUT2D eigenvalue weighted by atomic mass is 16.3. The van der Waals surface area contributed by atoms with Gasteiger partial charge >= 0.3 is 0 Å². The molecule has 0 aliphatic carbocycles. The van der Waals surface area contributed by atoms with Gasteiger partial charge in [0.25, 0.3) is 0 Å². The monoisotopic (exact) mass is 242 g/mol. The average Bonchev–Trinajstić information content (AvgIpc) is 2.32. The van der Waals surface area contributed by atoms with Gasteiger partial charge in [0.05, 0.1) is 5.71 Å². The number of rotatable bonds is 2. The third-order valence-corrected chi connectivity index (χ3v) is 3.06. The van der Waals surface area contributed by atoms with Crippen molar-refractivity contribution >= 4 is 5.71 Å². The Kier molecular flexibility index (Phi) is 3.24. The quantitative estimate of drug-likeness (QED) is 0.864. The summed E-state index contributed by atoms with van der Waals surface area (Å²) in [5, 5.41) is 10.00. The zero-order chi connectivity index (χ0) is 13.3. The Morgan fingerprint density at radius 3 is 2.61 bits per heavy atom. The number of hydrogen-bond acceptors (Lipinski definition) is 3. The number of hydrogen-bond donors (Lipinski definition) is 1. The van der Waals surface area contributed by atoms with Crippen molar-refractivity contribution in [1.82, 2.24) is 4.90 Å². The number of phenols is 1. The fraction of sp³-hybridized carbons (Fsp3) is 0.267. The number of nitrogens with zero attached hydrogens (tertiary/aromatic N) is 2. The molecule has 0 atom stereocenters. The lowest BCUT2D eigenvalue weighted by Gasteiger charge is -2.19. The van der Waals surface area contributed by atoms with Gasteiger partial charge in [-0.3, -0.25) is 0 Å². The lowest BCUT2D eigenvalue weighted by Crippen LogP contribution is -2.15. The minimum absolute atomic E-state index is 0.309. The predicted molar refractivity (Wildman–Crippen MR) is 74.8 cm³/mol. The summed E-state index contributed by atoms with van der Waals surface area (Å²) in [4.78, 5) is 6.25. The van der Waals surface area contributed by atoms with Crippen molar-refractivity contribution in [2.24, 2.45) is 4.99 Å². The maximum atomic E-state index is 10.00. The van der Waals surface area contributed by atoms with E-state index in [1.165, 1.54) is 0 Å². The smallest absolute Gasteiger partial charge is 0.125 e. The van der Waals surface area contributed by atoms with Crippen LogP contribution in [0.25, 0.3) is 0 Å². The van der Waals surface area contributed by atoms with E-state index < -0.39 is 0 Å². The van der Waals surface area contributed by atoms with Gasteiger partial charge in [0, 0.05) is 18.8 Å². The van der Waals surface area contributed by atoms with Crippen LogP contribution >= 0.6 is 0 Å². The maximum absolute atomic E-state index is 10.00. The fourth-order valence-corrected chi connectivity index (χ4v) is 1.88. The summed E-state index contributed by atoms with van der Waals surface area (Å²) < 4.78 is 0. The molecule has 1 N–H and O–H groups in total. The van der Waals surface area contributed by atoms with Crippen molar-refractivity contribution in [3.63, 3.8) is 0 Å². The number of aliphatic imine (C=N–C) groups is 1. The summed E-state index contributed by atoms with van der Waals surface area (Å²) in [6.07, 6.45) is 3.83. The summed E-state index contributed by atoms with van der Waals surface area (Å²) in [6, 6.07) is 5.70. The van der Waals surface area contributed by atoms with Crippen LogP contribution in [0, 0.1) is 0 Å². The summed E-state index contributed by atoms with van der Waals surface area (Å²) in [7, 11) is 1.90. The highest BCUT2D eigenvalue weighted by Crippen LogP contribution is 2.27. The first-order chi connectivity index (χ1) is 8.49. The van der Waals surface area contributed by atoms with Crippen molar-refractivity contribution in [2.75, 3.05) is 7.05 Å². The first kappa shape index (κ1) is 12.4. The molecular weight excluding hydrogens is 224 g/mol. The van der Waals surface area contributed by atoms with E-state index in [-0.39, 0.29) is 0 Å². The molecule has 0 bridgehead atoms. The number of benzene rings is 1. The second kappa shape index (κ2) is 4.69. The third kappa shape index (κ3) is 2.30. The first-order valence-electron chi connectivity index (χ1n) is 6.01. The lowest BCUT2D eigenvalue weighted by atomic mass is 9.98. The van der Waals surface area contributed by atoms with Crippen molar-refractivity contribution < 1.29 is 5.11 Å². The van der Waals surface area contributed by atoms with Crippen molar-refractivity contribution in [3.05, 3.63) is 54.0 Å². The van der Waals surface area contributed by atoms with Gasteiger partial charge in [0.2, 0.25) is 0 Å². The van der Waals surface area contributed by atoms with Crippen LogP contribution in [0.1, 0.15) is 30.9 Å².